The molecule has 3 aromatic rings. The van der Waals surface area contributed by atoms with Crippen molar-refractivity contribution in [2.24, 2.45) is 7.05 Å². The topological polar surface area (TPSA) is 125 Å². The number of ether oxygens (including phenoxy) is 2. The van der Waals surface area contributed by atoms with E-state index in [2.05, 4.69) is 10.3 Å². The highest BCUT2D eigenvalue weighted by Crippen LogP contribution is 2.28. The second kappa shape index (κ2) is 10.2. The van der Waals surface area contributed by atoms with Crippen LogP contribution in [0.15, 0.2) is 33.9 Å². The fourth-order valence-corrected chi connectivity index (χ4v) is 4.42. The van der Waals surface area contributed by atoms with Crippen molar-refractivity contribution in [1.82, 2.24) is 19.0 Å². The van der Waals surface area contributed by atoms with Gasteiger partial charge in [0.05, 0.1) is 30.9 Å². The van der Waals surface area contributed by atoms with Crippen LogP contribution in [0.4, 0.5) is 5.69 Å². The summed E-state index contributed by atoms with van der Waals surface area (Å²) < 4.78 is 12.5. The Morgan fingerprint density at radius 1 is 1.06 bits per heavy atom. The third-order valence-electron chi connectivity index (χ3n) is 6.28. The van der Waals surface area contributed by atoms with Gasteiger partial charge in [-0.15, -0.1) is 0 Å². The van der Waals surface area contributed by atoms with Gasteiger partial charge in [0.15, 0.2) is 0 Å². The number of rotatable bonds is 6. The molecule has 2 aromatic heterocycles. The summed E-state index contributed by atoms with van der Waals surface area (Å²) in [5.74, 6) is -0.0219. The third-order valence-corrected chi connectivity index (χ3v) is 6.28. The average molecular weight is 496 g/mol. The number of nitrogens with zero attached hydrogens (tertiary/aromatic N) is 4. The Morgan fingerprint density at radius 3 is 2.44 bits per heavy atom. The van der Waals surface area contributed by atoms with Crippen molar-refractivity contribution < 1.29 is 19.1 Å². The molecule has 1 aliphatic heterocycles. The molecule has 2 amide bonds. The van der Waals surface area contributed by atoms with Crippen molar-refractivity contribution in [3.05, 3.63) is 56.4 Å². The number of benzene rings is 1. The number of hydrogen-bond donors (Lipinski definition) is 1. The molecule has 1 fully saturated rings. The largest absolute Gasteiger partial charge is 0.497 e. The molecule has 0 bridgehead atoms. The summed E-state index contributed by atoms with van der Waals surface area (Å²) in [6.07, 6.45) is 2.84. The monoisotopic (exact) mass is 495 g/mol. The maximum atomic E-state index is 13.5. The number of fused-ring (bicyclic) bond motifs is 1. The second-order valence-electron chi connectivity index (χ2n) is 8.71. The number of aryl methyl sites for hydroxylation is 2. The van der Waals surface area contributed by atoms with Crippen LogP contribution in [0.2, 0.25) is 0 Å². The number of aromatic nitrogens is 3. The van der Waals surface area contributed by atoms with Gasteiger partial charge in [0.2, 0.25) is 5.91 Å². The SMILES string of the molecule is COc1ccc(OC)c(NC(=O)Cn2c(=O)c3c(C(=O)N4CCCCC4)cc(C)nc3n(C)c2=O)c1. The summed E-state index contributed by atoms with van der Waals surface area (Å²) in [5.41, 5.74) is -0.327. The number of carbonyl (C=O) groups is 2. The summed E-state index contributed by atoms with van der Waals surface area (Å²) in [6.45, 7) is 2.35. The minimum atomic E-state index is -0.742. The fraction of sp³-hybridized carbons (Fsp3) is 0.400. The highest BCUT2D eigenvalue weighted by molar-refractivity contribution is 6.05. The lowest BCUT2D eigenvalue weighted by molar-refractivity contribution is -0.116. The molecule has 3 heterocycles. The smallest absolute Gasteiger partial charge is 0.332 e. The van der Waals surface area contributed by atoms with Gasteiger partial charge in [-0.05, 0) is 44.4 Å². The van der Waals surface area contributed by atoms with Crippen molar-refractivity contribution in [2.45, 2.75) is 32.7 Å². The minimum absolute atomic E-state index is 0.0186. The van der Waals surface area contributed by atoms with Crippen LogP contribution in [0.5, 0.6) is 11.5 Å². The van der Waals surface area contributed by atoms with Gasteiger partial charge in [-0.2, -0.15) is 0 Å². The van der Waals surface area contributed by atoms with Gasteiger partial charge in [-0.3, -0.25) is 23.5 Å². The van der Waals surface area contributed by atoms with Gasteiger partial charge >= 0.3 is 5.69 Å². The normalized spacial score (nSPS) is 13.5. The standard InChI is InChI=1S/C25H29N5O6/c1-15-12-17(23(32)29-10-6-5-7-11-29)21-22(26-15)28(2)25(34)30(24(21)33)14-20(31)27-18-13-16(35-3)8-9-19(18)36-4/h8-9,12-13H,5-7,10-11,14H2,1-4H3,(H,27,31). The number of likely N-dealkylation sites (tertiary alicyclic amines) is 1. The molecule has 1 saturated heterocycles. The van der Waals surface area contributed by atoms with Crippen LogP contribution >= 0.6 is 0 Å². The Bertz CT molecular complexity index is 1450. The average Bonchev–Trinajstić information content (AvgIpc) is 2.89. The van der Waals surface area contributed by atoms with Crippen molar-refractivity contribution in [1.29, 1.82) is 0 Å². The Morgan fingerprint density at radius 2 is 1.78 bits per heavy atom. The van der Waals surface area contributed by atoms with E-state index in [-0.39, 0.29) is 22.5 Å². The number of hydrogen-bond acceptors (Lipinski definition) is 7. The molecule has 0 unspecified atom stereocenters. The molecule has 190 valence electrons. The van der Waals surface area contributed by atoms with Crippen molar-refractivity contribution in [3.8, 4) is 11.5 Å². The van der Waals surface area contributed by atoms with E-state index < -0.39 is 23.7 Å². The predicted molar refractivity (Wildman–Crippen MR) is 134 cm³/mol. The fourth-order valence-electron chi connectivity index (χ4n) is 4.42. The lowest BCUT2D eigenvalue weighted by Crippen LogP contribution is -2.43. The molecule has 1 aliphatic rings. The lowest BCUT2D eigenvalue weighted by Gasteiger charge is -2.27. The quantitative estimate of drug-likeness (QED) is 0.552. The molecule has 11 nitrogen and oxygen atoms in total. The van der Waals surface area contributed by atoms with Crippen LogP contribution < -0.4 is 26.0 Å². The van der Waals surface area contributed by atoms with Crippen molar-refractivity contribution >= 4 is 28.5 Å². The molecule has 1 N–H and O–H groups in total. The molecule has 0 radical (unpaired) electrons. The van der Waals surface area contributed by atoms with Crippen molar-refractivity contribution in [2.75, 3.05) is 32.6 Å². The Kier molecular flexibility index (Phi) is 7.09. The van der Waals surface area contributed by atoms with Gasteiger partial charge in [0.1, 0.15) is 23.7 Å². The van der Waals surface area contributed by atoms with E-state index >= 15 is 0 Å². The molecule has 0 spiro atoms. The summed E-state index contributed by atoms with van der Waals surface area (Å²) in [6, 6.07) is 6.44. The number of piperidine rings is 1. The van der Waals surface area contributed by atoms with Crippen LogP contribution in [0.1, 0.15) is 35.3 Å². The number of amides is 2. The molecule has 0 aliphatic carbocycles. The zero-order chi connectivity index (χ0) is 26.0. The van der Waals surface area contributed by atoms with Crippen LogP contribution in [0.3, 0.4) is 0 Å². The van der Waals surface area contributed by atoms with Crippen LogP contribution in [0.25, 0.3) is 11.0 Å². The van der Waals surface area contributed by atoms with E-state index in [0.717, 1.165) is 23.8 Å². The van der Waals surface area contributed by atoms with Gasteiger partial charge in [-0.1, -0.05) is 0 Å². The molecular weight excluding hydrogens is 466 g/mol. The first kappa shape index (κ1) is 25.0. The first-order valence-corrected chi connectivity index (χ1v) is 11.7. The van der Waals surface area contributed by atoms with Crippen LogP contribution in [-0.2, 0) is 18.4 Å². The lowest BCUT2D eigenvalue weighted by atomic mass is 10.1. The molecule has 36 heavy (non-hydrogen) atoms. The molecule has 0 atom stereocenters. The summed E-state index contributed by atoms with van der Waals surface area (Å²) in [7, 11) is 4.41. The molecule has 0 saturated carbocycles. The number of anilines is 1. The van der Waals surface area contributed by atoms with Gasteiger partial charge < -0.3 is 19.7 Å². The van der Waals surface area contributed by atoms with E-state index in [4.69, 9.17) is 9.47 Å². The Balaban J connectivity index is 1.77. The first-order chi connectivity index (χ1) is 17.2. The van der Waals surface area contributed by atoms with Crippen LogP contribution in [0, 0.1) is 6.92 Å². The van der Waals surface area contributed by atoms with Gasteiger partial charge in [-0.25, -0.2) is 9.78 Å². The number of carbonyl (C=O) groups excluding carboxylic acids is 2. The summed E-state index contributed by atoms with van der Waals surface area (Å²) in [4.78, 5) is 59.0. The maximum absolute atomic E-state index is 13.5. The molecular formula is C25H29N5O6. The zero-order valence-electron chi connectivity index (χ0n) is 20.8. The zero-order valence-corrected chi connectivity index (χ0v) is 20.8. The molecule has 1 aromatic carbocycles. The van der Waals surface area contributed by atoms with Gasteiger partial charge in [0.25, 0.3) is 11.5 Å². The summed E-state index contributed by atoms with van der Waals surface area (Å²) in [5, 5.41) is 2.68. The Labute approximate surface area is 207 Å². The number of pyridine rings is 1. The highest BCUT2D eigenvalue weighted by Gasteiger charge is 2.25. The minimum Gasteiger partial charge on any atom is -0.497 e. The van der Waals surface area contributed by atoms with E-state index in [1.54, 1.807) is 36.1 Å². The maximum Gasteiger partial charge on any atom is 0.332 e. The van der Waals surface area contributed by atoms with Gasteiger partial charge in [0, 0.05) is 31.9 Å². The first-order valence-electron chi connectivity index (χ1n) is 11.7. The van der Waals surface area contributed by atoms with E-state index in [1.165, 1.54) is 25.8 Å². The number of nitrogens with one attached hydrogen (secondary N) is 1. The van der Waals surface area contributed by atoms with E-state index in [1.807, 2.05) is 0 Å². The molecule has 4 rings (SSSR count). The number of methoxy groups -OCH3 is 2. The third kappa shape index (κ3) is 4.68. The second-order valence-corrected chi connectivity index (χ2v) is 8.71. The highest BCUT2D eigenvalue weighted by atomic mass is 16.5. The Hall–Kier alpha value is -4.15. The van der Waals surface area contributed by atoms with Crippen molar-refractivity contribution in [3.63, 3.8) is 0 Å². The summed E-state index contributed by atoms with van der Waals surface area (Å²) >= 11 is 0. The van der Waals surface area contributed by atoms with E-state index in [0.29, 0.717) is 36.0 Å². The van der Waals surface area contributed by atoms with Crippen LogP contribution in [-0.4, -0.2) is 58.1 Å². The molecule has 11 heteroatoms. The predicted octanol–water partition coefficient (Wildman–Crippen LogP) is 1.69. The van der Waals surface area contributed by atoms with E-state index in [9.17, 15) is 19.2 Å².